The third-order valence-electron chi connectivity index (χ3n) is 4.28. The first-order chi connectivity index (χ1) is 9.84. The van der Waals surface area contributed by atoms with Crippen molar-refractivity contribution in [3.05, 3.63) is 71.8 Å². The molecule has 1 nitrogen and oxygen atoms in total. The van der Waals surface area contributed by atoms with Crippen LogP contribution >= 0.6 is 0 Å². The van der Waals surface area contributed by atoms with Crippen LogP contribution in [0.1, 0.15) is 45.7 Å². The lowest BCUT2D eigenvalue weighted by Gasteiger charge is -2.39. The second-order valence-corrected chi connectivity index (χ2v) is 6.89. The molecule has 0 amide bonds. The molecule has 21 heavy (non-hydrogen) atoms. The van der Waals surface area contributed by atoms with Crippen LogP contribution < -0.4 is 0 Å². The van der Waals surface area contributed by atoms with E-state index >= 15 is 0 Å². The van der Waals surface area contributed by atoms with Crippen molar-refractivity contribution in [2.45, 2.75) is 46.3 Å². The Morgan fingerprint density at radius 3 is 1.43 bits per heavy atom. The fourth-order valence-corrected chi connectivity index (χ4v) is 2.35. The fraction of sp³-hybridized carbons (Fsp3) is 0.400. The van der Waals surface area contributed by atoms with Gasteiger partial charge >= 0.3 is 0 Å². The van der Waals surface area contributed by atoms with Gasteiger partial charge in [0.1, 0.15) is 5.60 Å². The van der Waals surface area contributed by atoms with E-state index in [-0.39, 0.29) is 11.5 Å². The summed E-state index contributed by atoms with van der Waals surface area (Å²) in [4.78, 5) is 0. The lowest BCUT2D eigenvalue weighted by molar-refractivity contribution is -0.0969. The zero-order chi connectivity index (χ0) is 15.5. The number of ether oxygens (including phenoxy) is 1. The maximum Gasteiger partial charge on any atom is 0.116 e. The Bertz CT molecular complexity index is 512. The van der Waals surface area contributed by atoms with E-state index in [0.717, 1.165) is 0 Å². The Labute approximate surface area is 129 Å². The summed E-state index contributed by atoms with van der Waals surface area (Å²) in [5, 5.41) is 0. The average Bonchev–Trinajstić information content (AvgIpc) is 2.48. The minimum atomic E-state index is -0.435. The molecule has 1 heteroatoms. The minimum absolute atomic E-state index is 0.102. The topological polar surface area (TPSA) is 9.23 Å². The molecule has 112 valence electrons. The highest BCUT2D eigenvalue weighted by molar-refractivity contribution is 5.35. The monoisotopic (exact) mass is 282 g/mol. The van der Waals surface area contributed by atoms with E-state index in [0.29, 0.717) is 0 Å². The number of hydrogen-bond acceptors (Lipinski definition) is 1. The van der Waals surface area contributed by atoms with Crippen LogP contribution in [0.4, 0.5) is 0 Å². The third-order valence-corrected chi connectivity index (χ3v) is 4.28. The van der Waals surface area contributed by atoms with E-state index in [1.807, 2.05) is 12.1 Å². The van der Waals surface area contributed by atoms with Crippen LogP contribution in [0.2, 0.25) is 0 Å². The van der Waals surface area contributed by atoms with Crippen molar-refractivity contribution in [3.8, 4) is 0 Å². The Morgan fingerprint density at radius 1 is 0.714 bits per heavy atom. The molecule has 1 unspecified atom stereocenters. The average molecular weight is 282 g/mol. The van der Waals surface area contributed by atoms with E-state index in [2.05, 4.69) is 83.1 Å². The quantitative estimate of drug-likeness (QED) is 0.729. The molecule has 2 aromatic rings. The van der Waals surface area contributed by atoms with Crippen LogP contribution in [0, 0.1) is 5.41 Å². The summed E-state index contributed by atoms with van der Waals surface area (Å²) in [6.07, 6.45) is 0.142. The summed E-state index contributed by atoms with van der Waals surface area (Å²) in [5.41, 5.74) is 2.04. The first-order valence-electron chi connectivity index (χ1n) is 7.63. The molecule has 0 aliphatic heterocycles. The van der Waals surface area contributed by atoms with Crippen molar-refractivity contribution in [1.29, 1.82) is 0 Å². The van der Waals surface area contributed by atoms with Crippen molar-refractivity contribution in [3.63, 3.8) is 0 Å². The predicted molar refractivity (Wildman–Crippen MR) is 89.3 cm³/mol. The van der Waals surface area contributed by atoms with Gasteiger partial charge in [0.05, 0.1) is 6.10 Å². The number of benzene rings is 2. The first-order valence-corrected chi connectivity index (χ1v) is 7.63. The molecule has 0 aliphatic rings. The van der Waals surface area contributed by atoms with Crippen LogP contribution in [-0.2, 0) is 10.3 Å². The predicted octanol–water partition coefficient (Wildman–Crippen LogP) is 5.40. The zero-order valence-electron chi connectivity index (χ0n) is 13.8. The van der Waals surface area contributed by atoms with E-state index < -0.39 is 5.60 Å². The SMILES string of the molecule is CC(OC(C)(c1ccccc1)c1ccccc1)C(C)(C)C. The lowest BCUT2D eigenvalue weighted by atomic mass is 9.85. The van der Waals surface area contributed by atoms with Crippen LogP contribution in [0.15, 0.2) is 60.7 Å². The minimum Gasteiger partial charge on any atom is -0.362 e. The maximum atomic E-state index is 6.57. The molecular formula is C20H26O. The normalized spacial score (nSPS) is 14.0. The summed E-state index contributed by atoms with van der Waals surface area (Å²) in [6, 6.07) is 20.9. The molecule has 2 rings (SSSR count). The van der Waals surface area contributed by atoms with Gasteiger partial charge in [-0.15, -0.1) is 0 Å². The van der Waals surface area contributed by atoms with E-state index in [9.17, 15) is 0 Å². The van der Waals surface area contributed by atoms with Gasteiger partial charge in [-0.2, -0.15) is 0 Å². The third kappa shape index (κ3) is 3.54. The molecular weight excluding hydrogens is 256 g/mol. The van der Waals surface area contributed by atoms with Crippen molar-refractivity contribution in [2.75, 3.05) is 0 Å². The van der Waals surface area contributed by atoms with Crippen molar-refractivity contribution in [2.24, 2.45) is 5.41 Å². The second kappa shape index (κ2) is 6.03. The Balaban J connectivity index is 2.45. The molecule has 0 saturated heterocycles. The van der Waals surface area contributed by atoms with Gasteiger partial charge in [0, 0.05) is 0 Å². The van der Waals surface area contributed by atoms with Gasteiger partial charge < -0.3 is 4.74 Å². The van der Waals surface area contributed by atoms with Gasteiger partial charge in [0.2, 0.25) is 0 Å². The molecule has 1 atom stereocenters. The molecule has 0 aromatic heterocycles. The summed E-state index contributed by atoms with van der Waals surface area (Å²) in [7, 11) is 0. The van der Waals surface area contributed by atoms with Crippen molar-refractivity contribution >= 4 is 0 Å². The van der Waals surface area contributed by atoms with Gasteiger partial charge in [-0.3, -0.25) is 0 Å². The highest BCUT2D eigenvalue weighted by atomic mass is 16.5. The molecule has 0 aliphatic carbocycles. The number of hydrogen-bond donors (Lipinski definition) is 0. The second-order valence-electron chi connectivity index (χ2n) is 6.89. The highest BCUT2D eigenvalue weighted by Crippen LogP contribution is 2.37. The zero-order valence-corrected chi connectivity index (χ0v) is 13.8. The standard InChI is InChI=1S/C20H26O/c1-16(19(2,3)4)21-20(5,17-12-8-6-9-13-17)18-14-10-7-11-15-18/h6-16H,1-5H3. The van der Waals surface area contributed by atoms with Gasteiger partial charge in [-0.1, -0.05) is 81.4 Å². The Morgan fingerprint density at radius 2 is 1.10 bits per heavy atom. The number of rotatable bonds is 4. The molecule has 0 heterocycles. The van der Waals surface area contributed by atoms with Crippen molar-refractivity contribution in [1.82, 2.24) is 0 Å². The summed E-state index contributed by atoms with van der Waals surface area (Å²) >= 11 is 0. The largest absolute Gasteiger partial charge is 0.362 e. The highest BCUT2D eigenvalue weighted by Gasteiger charge is 2.35. The van der Waals surface area contributed by atoms with Gasteiger partial charge in [-0.05, 0) is 30.4 Å². The van der Waals surface area contributed by atoms with Gasteiger partial charge in [-0.25, -0.2) is 0 Å². The summed E-state index contributed by atoms with van der Waals surface area (Å²) in [5.74, 6) is 0. The summed E-state index contributed by atoms with van der Waals surface area (Å²) < 4.78 is 6.57. The first kappa shape index (κ1) is 15.8. The molecule has 0 saturated carbocycles. The molecule has 0 fully saturated rings. The molecule has 0 spiro atoms. The smallest absolute Gasteiger partial charge is 0.116 e. The van der Waals surface area contributed by atoms with Crippen molar-refractivity contribution < 1.29 is 4.74 Å². The van der Waals surface area contributed by atoms with Crippen LogP contribution in [0.5, 0.6) is 0 Å². The van der Waals surface area contributed by atoms with Gasteiger partial charge in [0.25, 0.3) is 0 Å². The van der Waals surface area contributed by atoms with Crippen LogP contribution in [0.3, 0.4) is 0 Å². The van der Waals surface area contributed by atoms with E-state index in [4.69, 9.17) is 4.74 Å². The molecule has 0 radical (unpaired) electrons. The van der Waals surface area contributed by atoms with E-state index in [1.165, 1.54) is 11.1 Å². The fourth-order valence-electron chi connectivity index (χ4n) is 2.35. The molecule has 0 N–H and O–H groups in total. The lowest BCUT2D eigenvalue weighted by Crippen LogP contribution is -2.37. The van der Waals surface area contributed by atoms with E-state index in [1.54, 1.807) is 0 Å². The summed E-state index contributed by atoms with van der Waals surface area (Å²) in [6.45, 7) is 11.0. The van der Waals surface area contributed by atoms with Gasteiger partial charge in [0.15, 0.2) is 0 Å². The molecule has 0 bridgehead atoms. The van der Waals surface area contributed by atoms with Crippen LogP contribution in [-0.4, -0.2) is 6.10 Å². The maximum absolute atomic E-state index is 6.57. The van der Waals surface area contributed by atoms with Crippen LogP contribution in [0.25, 0.3) is 0 Å². The Hall–Kier alpha value is -1.60. The molecule has 2 aromatic carbocycles. The Kier molecular flexibility index (Phi) is 4.53.